The van der Waals surface area contributed by atoms with Crippen LogP contribution < -0.4 is 0 Å². The molecule has 6 aliphatic rings. The van der Waals surface area contributed by atoms with Crippen LogP contribution in [-0.2, 0) is 11.2 Å². The standard InChI is InChI=1S/C72H70N4O2/c77-71(65-26-14-22-58-41-57-21-10-11-23-61(57)69(58)65)75-45-59(67(47-75)54-17-6-2-7-18-54)43-74-39-35-53(36-40-74)50-27-29-51(30-28-50)56-31-32-64-66(42-56)62-24-12-13-25-63(62)70(64)72(78)76-46-60(68(48-76)55-19-8-3-9-20-55)44-73-37-33-52(34-38-73)49-15-4-1-5-16-49/h1-32,42,52-53,59-60,67-68,70H,33-41,43-48H2/t59-,60-,67+,68+,70?/m0/s1. The number of hydrogen-bond donors (Lipinski definition) is 0. The van der Waals surface area contributed by atoms with Gasteiger partial charge in [-0.3, -0.25) is 9.59 Å². The predicted octanol–water partition coefficient (Wildman–Crippen LogP) is 13.9. The van der Waals surface area contributed by atoms with Gasteiger partial charge >= 0.3 is 0 Å². The lowest BCUT2D eigenvalue weighted by Crippen LogP contribution is -2.39. The van der Waals surface area contributed by atoms with Crippen molar-refractivity contribution >= 4 is 11.8 Å². The molecule has 14 rings (SSSR count). The molecule has 390 valence electrons. The van der Waals surface area contributed by atoms with Gasteiger partial charge in [-0.15, -0.1) is 0 Å². The van der Waals surface area contributed by atoms with E-state index in [1.165, 1.54) is 74.0 Å². The number of hydrogen-bond acceptors (Lipinski definition) is 4. The third kappa shape index (κ3) is 9.31. The molecule has 0 saturated carbocycles. The minimum Gasteiger partial charge on any atom is -0.341 e. The molecule has 0 spiro atoms. The second-order valence-electron chi connectivity index (χ2n) is 23.7. The zero-order valence-corrected chi connectivity index (χ0v) is 44.8. The number of likely N-dealkylation sites (tertiary alicyclic amines) is 4. The molecular weight excluding hydrogens is 953 g/mol. The number of fused-ring (bicyclic) bond motifs is 6. The van der Waals surface area contributed by atoms with Crippen LogP contribution in [0, 0.1) is 11.8 Å². The Morgan fingerprint density at radius 3 is 1.55 bits per heavy atom. The van der Waals surface area contributed by atoms with Crippen molar-refractivity contribution in [2.24, 2.45) is 11.8 Å². The molecule has 2 aliphatic carbocycles. The summed E-state index contributed by atoms with van der Waals surface area (Å²) in [4.78, 5) is 39.4. The Labute approximate surface area is 461 Å². The summed E-state index contributed by atoms with van der Waals surface area (Å²) in [7, 11) is 0. The third-order valence-electron chi connectivity index (χ3n) is 19.3. The van der Waals surface area contributed by atoms with Crippen molar-refractivity contribution in [2.75, 3.05) is 65.4 Å². The highest BCUT2D eigenvalue weighted by Gasteiger charge is 2.44. The Kier molecular flexibility index (Phi) is 13.2. The van der Waals surface area contributed by atoms with Crippen LogP contribution in [0.15, 0.2) is 200 Å². The van der Waals surface area contributed by atoms with Crippen molar-refractivity contribution in [3.05, 3.63) is 250 Å². The first-order valence-electron chi connectivity index (χ1n) is 29.2. The monoisotopic (exact) mass is 1020 g/mol. The summed E-state index contributed by atoms with van der Waals surface area (Å²) < 4.78 is 0. The van der Waals surface area contributed by atoms with Gasteiger partial charge in [0.1, 0.15) is 0 Å². The topological polar surface area (TPSA) is 47.1 Å². The molecule has 0 N–H and O–H groups in total. The van der Waals surface area contributed by atoms with Crippen LogP contribution in [0.3, 0.4) is 0 Å². The first-order chi connectivity index (χ1) is 38.5. The van der Waals surface area contributed by atoms with E-state index >= 15 is 4.79 Å². The summed E-state index contributed by atoms with van der Waals surface area (Å²) in [5, 5.41) is 0. The summed E-state index contributed by atoms with van der Waals surface area (Å²) >= 11 is 0. The highest BCUT2D eigenvalue weighted by molar-refractivity contribution is 6.03. The van der Waals surface area contributed by atoms with Gasteiger partial charge in [-0.1, -0.05) is 188 Å². The first-order valence-corrected chi connectivity index (χ1v) is 29.2. The van der Waals surface area contributed by atoms with Gasteiger partial charge in [0.2, 0.25) is 5.91 Å². The molecule has 0 bridgehead atoms. The Hall–Kier alpha value is -7.38. The molecule has 5 atom stereocenters. The molecule has 4 fully saturated rings. The molecule has 0 aromatic heterocycles. The van der Waals surface area contributed by atoms with E-state index in [1.807, 2.05) is 0 Å². The summed E-state index contributed by atoms with van der Waals surface area (Å²) in [6.45, 7) is 9.43. The average Bonchev–Trinajstić information content (AvgIpc) is 4.38. The van der Waals surface area contributed by atoms with Crippen LogP contribution >= 0.6 is 0 Å². The number of benzene rings is 8. The normalized spacial score (nSPS) is 22.3. The molecule has 0 radical (unpaired) electrons. The Morgan fingerprint density at radius 1 is 0.410 bits per heavy atom. The summed E-state index contributed by atoms with van der Waals surface area (Å²) in [5.74, 6) is 2.62. The van der Waals surface area contributed by atoms with Gasteiger partial charge in [-0.2, -0.15) is 0 Å². The lowest BCUT2D eigenvalue weighted by atomic mass is 9.86. The average molecular weight is 1020 g/mol. The lowest BCUT2D eigenvalue weighted by molar-refractivity contribution is -0.130. The maximum atomic E-state index is 15.2. The van der Waals surface area contributed by atoms with E-state index in [9.17, 15) is 4.79 Å². The van der Waals surface area contributed by atoms with Crippen molar-refractivity contribution in [3.63, 3.8) is 0 Å². The number of carbonyl (C=O) groups excluding carboxylic acids is 2. The highest BCUT2D eigenvalue weighted by Crippen LogP contribution is 2.49. The van der Waals surface area contributed by atoms with Crippen LogP contribution in [0.5, 0.6) is 0 Å². The molecule has 8 aromatic rings. The maximum Gasteiger partial charge on any atom is 0.254 e. The number of piperidine rings is 2. The first kappa shape index (κ1) is 49.0. The third-order valence-corrected chi connectivity index (χ3v) is 19.3. The van der Waals surface area contributed by atoms with Crippen LogP contribution in [0.25, 0.3) is 33.4 Å². The zero-order valence-electron chi connectivity index (χ0n) is 44.8. The highest BCUT2D eigenvalue weighted by atomic mass is 16.2. The quantitative estimate of drug-likeness (QED) is 0.130. The molecular formula is C72H70N4O2. The van der Waals surface area contributed by atoms with Crippen molar-refractivity contribution in [3.8, 4) is 33.4 Å². The van der Waals surface area contributed by atoms with Crippen LogP contribution in [-0.4, -0.2) is 96.9 Å². The van der Waals surface area contributed by atoms with Gasteiger partial charge in [0, 0.05) is 56.7 Å². The van der Waals surface area contributed by atoms with Gasteiger partial charge in [0.05, 0.1) is 5.92 Å². The molecule has 4 saturated heterocycles. The Balaban J connectivity index is 0.636. The molecule has 4 aliphatic heterocycles. The Morgan fingerprint density at radius 2 is 0.910 bits per heavy atom. The van der Waals surface area contributed by atoms with Crippen LogP contribution in [0.4, 0.5) is 0 Å². The van der Waals surface area contributed by atoms with E-state index in [0.29, 0.717) is 35.5 Å². The van der Waals surface area contributed by atoms with Gasteiger partial charge in [-0.25, -0.2) is 0 Å². The van der Waals surface area contributed by atoms with Crippen molar-refractivity contribution in [1.29, 1.82) is 0 Å². The smallest absolute Gasteiger partial charge is 0.254 e. The van der Waals surface area contributed by atoms with Gasteiger partial charge < -0.3 is 19.6 Å². The van der Waals surface area contributed by atoms with Crippen molar-refractivity contribution < 1.29 is 9.59 Å². The van der Waals surface area contributed by atoms with E-state index in [0.717, 1.165) is 107 Å². The largest absolute Gasteiger partial charge is 0.341 e. The van der Waals surface area contributed by atoms with Crippen molar-refractivity contribution in [2.45, 2.75) is 61.7 Å². The molecule has 2 amide bonds. The number of rotatable bonds is 11. The molecule has 6 heteroatoms. The molecule has 4 heterocycles. The number of carbonyl (C=O) groups is 2. The molecule has 1 unspecified atom stereocenters. The summed E-state index contributed by atoms with van der Waals surface area (Å²) in [6, 6.07) is 72.7. The fourth-order valence-electron chi connectivity index (χ4n) is 15.2. The van der Waals surface area contributed by atoms with E-state index < -0.39 is 0 Å². The predicted molar refractivity (Wildman–Crippen MR) is 315 cm³/mol. The minimum absolute atomic E-state index is 0.169. The Bertz CT molecular complexity index is 3450. The second kappa shape index (κ2) is 21.1. The zero-order chi connectivity index (χ0) is 52.1. The fraction of sp³-hybridized carbons (Fsp3) is 0.306. The summed E-state index contributed by atoms with van der Waals surface area (Å²) in [5.41, 5.74) is 18.4. The van der Waals surface area contributed by atoms with Crippen LogP contribution in [0.2, 0.25) is 0 Å². The molecule has 78 heavy (non-hydrogen) atoms. The van der Waals surface area contributed by atoms with Crippen LogP contribution in [0.1, 0.15) is 110 Å². The van der Waals surface area contributed by atoms with Gasteiger partial charge in [0.25, 0.3) is 5.91 Å². The van der Waals surface area contributed by atoms with E-state index in [1.54, 1.807) is 0 Å². The maximum absolute atomic E-state index is 15.2. The number of amides is 2. The minimum atomic E-state index is -0.303. The SMILES string of the molecule is O=C(c1cccc2c1-c1ccccc1C2)N1C[C@H](CN2CCC(c3ccc(-c4ccc5c(c4)-c4ccccc4C5C(=O)N4C[C@H](CN5CCC(c6ccccc6)CC5)[C@@H](c5ccccc5)C4)cc3)CC2)[C@@H](c2ccccc2)C1. The fourth-order valence-corrected chi connectivity index (χ4v) is 15.2. The van der Waals surface area contributed by atoms with E-state index in [2.05, 4.69) is 220 Å². The lowest BCUT2D eigenvalue weighted by Gasteiger charge is -2.35. The molecule has 6 nitrogen and oxygen atoms in total. The molecule has 8 aromatic carbocycles. The van der Waals surface area contributed by atoms with Gasteiger partial charge in [-0.05, 0) is 172 Å². The van der Waals surface area contributed by atoms with Gasteiger partial charge in [0.15, 0.2) is 0 Å². The van der Waals surface area contributed by atoms with Crippen molar-refractivity contribution in [1.82, 2.24) is 19.6 Å². The number of nitrogens with zero attached hydrogens (tertiary/aromatic N) is 4. The van der Waals surface area contributed by atoms with E-state index in [-0.39, 0.29) is 17.7 Å². The van der Waals surface area contributed by atoms with E-state index in [4.69, 9.17) is 0 Å². The summed E-state index contributed by atoms with van der Waals surface area (Å²) in [6.07, 6.45) is 5.52. The second-order valence-corrected chi connectivity index (χ2v) is 23.7.